The normalized spacial score (nSPS) is 10.3. The summed E-state index contributed by atoms with van der Waals surface area (Å²) in [6.45, 7) is 2.29. The molecule has 0 saturated carbocycles. The van der Waals surface area contributed by atoms with E-state index in [2.05, 4.69) is 39.4 Å². The Kier molecular flexibility index (Phi) is 19.6. The van der Waals surface area contributed by atoms with Crippen LogP contribution < -0.4 is 0 Å². The van der Waals surface area contributed by atoms with Gasteiger partial charge in [-0.05, 0) is 10.3 Å². The maximum atomic E-state index is 3.13. The van der Waals surface area contributed by atoms with E-state index in [0.717, 1.165) is 6.42 Å². The molecule has 0 nitrogen and oxygen atoms in total. The molecule has 0 aliphatic rings. The van der Waals surface area contributed by atoms with Gasteiger partial charge in [-0.1, -0.05) is 103 Å². The molecule has 0 bridgehead atoms. The predicted molar refractivity (Wildman–Crippen MR) is 101 cm³/mol. The van der Waals surface area contributed by atoms with E-state index in [0.29, 0.717) is 0 Å². The summed E-state index contributed by atoms with van der Waals surface area (Å²) in [6.07, 6.45) is 22.6. The van der Waals surface area contributed by atoms with Gasteiger partial charge in [0.25, 0.3) is 0 Å². The first-order chi connectivity index (χ1) is 9.91. The summed E-state index contributed by atoms with van der Waals surface area (Å²) in [5.41, 5.74) is 0. The Morgan fingerprint density at radius 2 is 0.900 bits per heavy atom. The molecule has 0 aromatic rings. The van der Waals surface area contributed by atoms with Crippen LogP contribution in [-0.2, 0) is 0 Å². The Labute approximate surface area is 142 Å². The minimum atomic E-state index is 1.10. The maximum absolute atomic E-state index is 3.13. The zero-order valence-electron chi connectivity index (χ0n) is 13.7. The first kappa shape index (κ1) is 20.3. The van der Waals surface area contributed by atoms with E-state index in [4.69, 9.17) is 0 Å². The summed E-state index contributed by atoms with van der Waals surface area (Å²) in [6, 6.07) is 0. The molecule has 0 spiro atoms. The van der Waals surface area contributed by atoms with Gasteiger partial charge in [0.05, 0.1) is 0 Å². The summed E-state index contributed by atoms with van der Waals surface area (Å²) in [5, 5.41) is 0. The van der Waals surface area contributed by atoms with Crippen LogP contribution in [0.15, 0.2) is 0 Å². The molecule has 0 aliphatic carbocycles. The van der Waals surface area contributed by atoms with Crippen molar-refractivity contribution in [1.82, 2.24) is 0 Å². The average molecular weight is 390 g/mol. The fourth-order valence-corrected chi connectivity index (χ4v) is 2.90. The van der Waals surface area contributed by atoms with Gasteiger partial charge >= 0.3 is 0 Å². The number of hydrogen-bond donors (Lipinski definition) is 0. The number of unbranched alkanes of at least 4 members (excludes halogenated alkanes) is 15. The first-order valence-electron chi connectivity index (χ1n) is 9.00. The van der Waals surface area contributed by atoms with Crippen LogP contribution in [0.2, 0.25) is 0 Å². The van der Waals surface area contributed by atoms with Crippen LogP contribution in [0.3, 0.4) is 0 Å². The van der Waals surface area contributed by atoms with E-state index in [-0.39, 0.29) is 0 Å². The molecule has 0 saturated heterocycles. The lowest BCUT2D eigenvalue weighted by atomic mass is 10.0. The van der Waals surface area contributed by atoms with Crippen LogP contribution in [-0.4, -0.2) is 0 Å². The first-order valence-corrected chi connectivity index (χ1v) is 10.1. The van der Waals surface area contributed by atoms with Crippen LogP contribution >= 0.6 is 22.6 Å². The van der Waals surface area contributed by atoms with Crippen molar-refractivity contribution in [3.05, 3.63) is 0 Å². The van der Waals surface area contributed by atoms with Crippen LogP contribution in [0.5, 0.6) is 0 Å². The van der Waals surface area contributed by atoms with Crippen molar-refractivity contribution in [3.63, 3.8) is 0 Å². The minimum Gasteiger partial charge on any atom is -0.0919 e. The lowest BCUT2D eigenvalue weighted by Crippen LogP contribution is -1.83. The molecule has 0 aliphatic heterocycles. The smallest absolute Gasteiger partial charge is 0.0181 e. The van der Waals surface area contributed by atoms with Crippen molar-refractivity contribution in [2.45, 2.75) is 110 Å². The van der Waals surface area contributed by atoms with Crippen molar-refractivity contribution in [2.75, 3.05) is 0 Å². The lowest BCUT2D eigenvalue weighted by Gasteiger charge is -2.02. The molecule has 0 radical (unpaired) electrons. The minimum absolute atomic E-state index is 1.10. The fraction of sp³-hybridized carbons (Fsp3) is 0.895. The summed E-state index contributed by atoms with van der Waals surface area (Å²) in [4.78, 5) is 0. The quantitative estimate of drug-likeness (QED) is 0.153. The van der Waals surface area contributed by atoms with Crippen LogP contribution in [0.4, 0.5) is 0 Å². The third-order valence-electron chi connectivity index (χ3n) is 3.97. The van der Waals surface area contributed by atoms with E-state index >= 15 is 0 Å². The molecule has 118 valence electrons. The van der Waals surface area contributed by atoms with Crippen molar-refractivity contribution in [1.29, 1.82) is 0 Å². The van der Waals surface area contributed by atoms with E-state index in [9.17, 15) is 0 Å². The molecular formula is C19H35I. The SMILES string of the molecule is CCCCCCCCCCCCCCCCCC#CI. The molecule has 0 heterocycles. The summed E-state index contributed by atoms with van der Waals surface area (Å²) in [7, 11) is 0. The van der Waals surface area contributed by atoms with Gasteiger partial charge in [0, 0.05) is 29.0 Å². The third kappa shape index (κ3) is 18.3. The molecule has 0 aromatic carbocycles. The van der Waals surface area contributed by atoms with Crippen LogP contribution in [0.1, 0.15) is 110 Å². The van der Waals surface area contributed by atoms with Crippen molar-refractivity contribution in [2.24, 2.45) is 0 Å². The molecule has 1 heteroatoms. The fourth-order valence-electron chi connectivity index (χ4n) is 2.63. The monoisotopic (exact) mass is 390 g/mol. The highest BCUT2D eigenvalue weighted by molar-refractivity contribution is 14.1. The topological polar surface area (TPSA) is 0 Å². The standard InChI is InChI=1S/C19H35I/c1-2-3-4-5-6-7-8-9-10-11-12-13-14-15-16-17-18-19-20/h2-17H2,1H3. The van der Waals surface area contributed by atoms with Crippen molar-refractivity contribution >= 4 is 22.6 Å². The van der Waals surface area contributed by atoms with Gasteiger partial charge in [0.15, 0.2) is 0 Å². The Hall–Kier alpha value is 0.290. The Morgan fingerprint density at radius 1 is 0.550 bits per heavy atom. The number of rotatable bonds is 15. The molecular weight excluding hydrogens is 355 g/mol. The second-order valence-electron chi connectivity index (χ2n) is 5.97. The van der Waals surface area contributed by atoms with Gasteiger partial charge in [0.2, 0.25) is 0 Å². The zero-order valence-corrected chi connectivity index (χ0v) is 15.8. The molecule has 0 unspecified atom stereocenters. The number of hydrogen-bond acceptors (Lipinski definition) is 0. The molecule has 0 atom stereocenters. The summed E-state index contributed by atoms with van der Waals surface area (Å²) >= 11 is 2.13. The predicted octanol–water partition coefficient (Wildman–Crippen LogP) is 7.64. The summed E-state index contributed by atoms with van der Waals surface area (Å²) < 4.78 is 2.94. The largest absolute Gasteiger partial charge is 0.0919 e. The van der Waals surface area contributed by atoms with Gasteiger partial charge in [0.1, 0.15) is 0 Å². The summed E-state index contributed by atoms with van der Waals surface area (Å²) in [5.74, 6) is 3.13. The highest BCUT2D eigenvalue weighted by Crippen LogP contribution is 2.13. The van der Waals surface area contributed by atoms with Crippen LogP contribution in [0, 0.1) is 9.85 Å². The second kappa shape index (κ2) is 19.3. The van der Waals surface area contributed by atoms with Gasteiger partial charge < -0.3 is 0 Å². The Morgan fingerprint density at radius 3 is 1.25 bits per heavy atom. The van der Waals surface area contributed by atoms with Gasteiger partial charge in [-0.25, -0.2) is 0 Å². The Bertz CT molecular complexity index is 224. The Balaban J connectivity index is 2.93. The molecule has 20 heavy (non-hydrogen) atoms. The molecule has 0 rings (SSSR count). The van der Waals surface area contributed by atoms with E-state index in [1.54, 1.807) is 0 Å². The van der Waals surface area contributed by atoms with Crippen LogP contribution in [0.25, 0.3) is 0 Å². The number of halogens is 1. The molecule has 0 N–H and O–H groups in total. The molecule has 0 aromatic heterocycles. The third-order valence-corrected chi connectivity index (χ3v) is 4.35. The van der Waals surface area contributed by atoms with Crippen molar-refractivity contribution in [3.8, 4) is 9.85 Å². The molecule has 0 fully saturated rings. The van der Waals surface area contributed by atoms with E-state index < -0.39 is 0 Å². The lowest BCUT2D eigenvalue weighted by molar-refractivity contribution is 0.533. The average Bonchev–Trinajstić information content (AvgIpc) is 2.47. The van der Waals surface area contributed by atoms with Gasteiger partial charge in [-0.2, -0.15) is 0 Å². The van der Waals surface area contributed by atoms with E-state index in [1.807, 2.05) is 0 Å². The highest BCUT2D eigenvalue weighted by Gasteiger charge is 1.93. The van der Waals surface area contributed by atoms with Gasteiger partial charge in [-0.15, -0.1) is 0 Å². The zero-order chi connectivity index (χ0) is 14.7. The van der Waals surface area contributed by atoms with Crippen molar-refractivity contribution < 1.29 is 0 Å². The highest BCUT2D eigenvalue weighted by atomic mass is 127. The van der Waals surface area contributed by atoms with E-state index in [1.165, 1.54) is 96.3 Å². The second-order valence-corrected chi connectivity index (χ2v) is 6.51. The van der Waals surface area contributed by atoms with Gasteiger partial charge in [-0.3, -0.25) is 0 Å². The maximum Gasteiger partial charge on any atom is 0.0181 e. The molecule has 0 amide bonds.